The summed E-state index contributed by atoms with van der Waals surface area (Å²) in [4.78, 5) is 0. The minimum absolute atomic E-state index is 0.627. The van der Waals surface area contributed by atoms with Crippen molar-refractivity contribution in [1.82, 2.24) is 0 Å². The molecule has 3 heteroatoms. The molecule has 0 aliphatic heterocycles. The molecule has 1 saturated carbocycles. The zero-order chi connectivity index (χ0) is 12.1. The van der Waals surface area contributed by atoms with Gasteiger partial charge in [-0.2, -0.15) is 0 Å². The summed E-state index contributed by atoms with van der Waals surface area (Å²) in [6.07, 6.45) is 7.55. The van der Waals surface area contributed by atoms with Gasteiger partial charge in [0.25, 0.3) is 0 Å². The van der Waals surface area contributed by atoms with Gasteiger partial charge in [-0.25, -0.2) is 0 Å². The Morgan fingerprint density at radius 1 is 1.41 bits per heavy atom. The molecular formula is C14H19BrN2. The number of aryl methyl sites for hydroxylation is 1. The lowest BCUT2D eigenvalue weighted by Gasteiger charge is -2.28. The highest BCUT2D eigenvalue weighted by molar-refractivity contribution is 9.09. The summed E-state index contributed by atoms with van der Waals surface area (Å²) in [5.41, 5.74) is 3.46. The predicted octanol–water partition coefficient (Wildman–Crippen LogP) is 3.98. The van der Waals surface area contributed by atoms with Crippen molar-refractivity contribution in [2.75, 3.05) is 10.6 Å². The van der Waals surface area contributed by atoms with Gasteiger partial charge < -0.3 is 10.7 Å². The molecular weight excluding hydrogens is 276 g/mol. The molecule has 1 aliphatic rings. The van der Waals surface area contributed by atoms with Gasteiger partial charge in [0.05, 0.1) is 0 Å². The Kier molecular flexibility index (Phi) is 4.60. The third kappa shape index (κ3) is 3.32. The lowest BCUT2D eigenvalue weighted by Crippen LogP contribution is -2.27. The molecule has 0 spiro atoms. The molecule has 0 saturated heterocycles. The third-order valence-corrected chi connectivity index (χ3v) is 3.90. The maximum atomic E-state index is 7.50. The summed E-state index contributed by atoms with van der Waals surface area (Å²) >= 11 is 3.45. The Hall–Kier alpha value is -0.830. The predicted molar refractivity (Wildman–Crippen MR) is 77.7 cm³/mol. The second-order valence-electron chi connectivity index (χ2n) is 4.63. The number of hydrogen-bond acceptors (Lipinski definition) is 2. The van der Waals surface area contributed by atoms with Crippen molar-refractivity contribution < 1.29 is 0 Å². The Morgan fingerprint density at radius 3 is 2.82 bits per heavy atom. The zero-order valence-electron chi connectivity index (χ0n) is 10.0. The summed E-state index contributed by atoms with van der Waals surface area (Å²) < 4.78 is 0. The average Bonchev–Trinajstić information content (AvgIpc) is 2.31. The Labute approximate surface area is 111 Å². The molecule has 1 fully saturated rings. The van der Waals surface area contributed by atoms with Crippen molar-refractivity contribution in [3.8, 4) is 0 Å². The molecule has 1 aromatic rings. The monoisotopic (exact) mass is 294 g/mol. The first-order chi connectivity index (χ1) is 8.33. The van der Waals surface area contributed by atoms with Crippen LogP contribution in [0.3, 0.4) is 0 Å². The molecule has 1 aliphatic carbocycles. The molecule has 0 bridgehead atoms. The van der Waals surface area contributed by atoms with Crippen LogP contribution < -0.4 is 5.32 Å². The molecule has 0 unspecified atom stereocenters. The van der Waals surface area contributed by atoms with E-state index >= 15 is 0 Å². The van der Waals surface area contributed by atoms with Crippen molar-refractivity contribution in [1.29, 1.82) is 5.41 Å². The first-order valence-corrected chi connectivity index (χ1v) is 7.41. The first-order valence-electron chi connectivity index (χ1n) is 6.29. The van der Waals surface area contributed by atoms with Crippen molar-refractivity contribution in [2.24, 2.45) is 0 Å². The van der Waals surface area contributed by atoms with Gasteiger partial charge in [0.1, 0.15) is 0 Å². The normalized spacial score (nSPS) is 15.4. The van der Waals surface area contributed by atoms with Crippen molar-refractivity contribution in [3.63, 3.8) is 0 Å². The number of benzene rings is 1. The molecule has 17 heavy (non-hydrogen) atoms. The lowest BCUT2D eigenvalue weighted by molar-refractivity contribution is 0.445. The second-order valence-corrected chi connectivity index (χ2v) is 5.42. The number of hydrogen-bond donors (Lipinski definition) is 2. The summed E-state index contributed by atoms with van der Waals surface area (Å²) in [5.74, 6) is 0. The highest BCUT2D eigenvalue weighted by atomic mass is 79.9. The van der Waals surface area contributed by atoms with Crippen LogP contribution in [-0.4, -0.2) is 17.6 Å². The van der Waals surface area contributed by atoms with Crippen molar-refractivity contribution >= 4 is 27.8 Å². The van der Waals surface area contributed by atoms with Crippen molar-refractivity contribution in [2.45, 2.75) is 38.1 Å². The quantitative estimate of drug-likeness (QED) is 0.604. The van der Waals surface area contributed by atoms with Gasteiger partial charge in [0.2, 0.25) is 0 Å². The summed E-state index contributed by atoms with van der Waals surface area (Å²) in [6, 6.07) is 7.07. The number of anilines is 1. The average molecular weight is 295 g/mol. The fraction of sp³-hybridized carbons (Fsp3) is 0.500. The highest BCUT2D eigenvalue weighted by Crippen LogP contribution is 2.25. The van der Waals surface area contributed by atoms with Gasteiger partial charge in [-0.15, -0.1) is 0 Å². The highest BCUT2D eigenvalue weighted by Gasteiger charge is 2.17. The van der Waals surface area contributed by atoms with Crippen LogP contribution >= 0.6 is 15.9 Å². The number of nitrogens with one attached hydrogen (secondary N) is 2. The maximum absolute atomic E-state index is 7.50. The van der Waals surface area contributed by atoms with Crippen LogP contribution in [0.15, 0.2) is 18.2 Å². The molecule has 0 amide bonds. The summed E-state index contributed by atoms with van der Waals surface area (Å²) in [7, 11) is 0. The Bertz CT molecular complexity index is 386. The smallest absolute Gasteiger partial charge is 0.0431 e. The molecule has 2 rings (SSSR count). The molecule has 0 radical (unpaired) electrons. The molecule has 0 aromatic heterocycles. The SMILES string of the molecule is N=Cc1cc(CCCBr)ccc1NC1CCC1. The molecule has 2 nitrogen and oxygen atoms in total. The third-order valence-electron chi connectivity index (χ3n) is 3.34. The van der Waals surface area contributed by atoms with E-state index in [9.17, 15) is 0 Å². The van der Waals surface area contributed by atoms with E-state index in [1.54, 1.807) is 0 Å². The molecule has 92 valence electrons. The summed E-state index contributed by atoms with van der Waals surface area (Å²) in [5, 5.41) is 12.1. The minimum Gasteiger partial charge on any atom is -0.382 e. The molecule has 0 heterocycles. The molecule has 1 aromatic carbocycles. The van der Waals surface area contributed by atoms with Crippen LogP contribution in [0.1, 0.15) is 36.8 Å². The summed E-state index contributed by atoms with van der Waals surface area (Å²) in [6.45, 7) is 0. The van der Waals surface area contributed by atoms with Crippen LogP contribution in [0.2, 0.25) is 0 Å². The number of halogens is 1. The van der Waals surface area contributed by atoms with E-state index in [1.807, 2.05) is 0 Å². The van der Waals surface area contributed by atoms with Crippen LogP contribution in [0.4, 0.5) is 5.69 Å². The van der Waals surface area contributed by atoms with Gasteiger partial charge in [0, 0.05) is 28.8 Å². The Morgan fingerprint density at radius 2 is 2.24 bits per heavy atom. The number of rotatable bonds is 6. The van der Waals surface area contributed by atoms with Gasteiger partial charge in [-0.05, 0) is 49.8 Å². The van der Waals surface area contributed by atoms with Gasteiger partial charge in [-0.3, -0.25) is 0 Å². The van der Waals surface area contributed by atoms with E-state index in [-0.39, 0.29) is 0 Å². The van der Waals surface area contributed by atoms with E-state index in [0.29, 0.717) is 6.04 Å². The van der Waals surface area contributed by atoms with E-state index in [1.165, 1.54) is 31.0 Å². The van der Waals surface area contributed by atoms with E-state index in [2.05, 4.69) is 39.4 Å². The topological polar surface area (TPSA) is 35.9 Å². The van der Waals surface area contributed by atoms with Crippen LogP contribution in [0.5, 0.6) is 0 Å². The van der Waals surface area contributed by atoms with Gasteiger partial charge in [0.15, 0.2) is 0 Å². The zero-order valence-corrected chi connectivity index (χ0v) is 11.6. The van der Waals surface area contributed by atoms with Crippen LogP contribution in [0.25, 0.3) is 0 Å². The number of alkyl halides is 1. The molecule has 0 atom stereocenters. The van der Waals surface area contributed by atoms with Crippen LogP contribution in [0, 0.1) is 5.41 Å². The lowest BCUT2D eigenvalue weighted by atomic mass is 9.92. The molecule has 2 N–H and O–H groups in total. The maximum Gasteiger partial charge on any atom is 0.0431 e. The van der Waals surface area contributed by atoms with Crippen LogP contribution in [-0.2, 0) is 6.42 Å². The van der Waals surface area contributed by atoms with E-state index < -0.39 is 0 Å². The van der Waals surface area contributed by atoms with Gasteiger partial charge in [-0.1, -0.05) is 22.0 Å². The van der Waals surface area contributed by atoms with Gasteiger partial charge >= 0.3 is 0 Å². The second kappa shape index (κ2) is 6.20. The Balaban J connectivity index is 2.07. The first kappa shape index (κ1) is 12.6. The van der Waals surface area contributed by atoms with E-state index in [0.717, 1.165) is 29.4 Å². The fourth-order valence-electron chi connectivity index (χ4n) is 2.06. The van der Waals surface area contributed by atoms with E-state index in [4.69, 9.17) is 5.41 Å². The largest absolute Gasteiger partial charge is 0.382 e. The fourth-order valence-corrected chi connectivity index (χ4v) is 2.34. The van der Waals surface area contributed by atoms with Crippen molar-refractivity contribution in [3.05, 3.63) is 29.3 Å². The minimum atomic E-state index is 0.627. The standard InChI is InChI=1S/C14H19BrN2/c15-8-2-3-11-6-7-14(12(9-11)10-16)17-13-4-1-5-13/h6-7,9-10,13,16-17H,1-5,8H2.